The van der Waals surface area contributed by atoms with E-state index < -0.39 is 0 Å². The number of carbonyl (C=O) groups excluding carboxylic acids is 1. The number of rotatable bonds is 5. The van der Waals surface area contributed by atoms with Gasteiger partial charge in [0, 0.05) is 12.7 Å². The molecular formula is C14H15NO3S2. The van der Waals surface area contributed by atoms with Crippen molar-refractivity contribution in [3.05, 3.63) is 34.7 Å². The summed E-state index contributed by atoms with van der Waals surface area (Å²) in [6, 6.07) is 7.55. The molecule has 0 N–H and O–H groups in total. The molecule has 0 saturated carbocycles. The number of hydrogen-bond donors (Lipinski definition) is 0. The van der Waals surface area contributed by atoms with E-state index in [2.05, 4.69) is 0 Å². The first-order valence-electron chi connectivity index (χ1n) is 6.04. The molecule has 0 bridgehead atoms. The Bertz CT molecular complexity index is 557. The van der Waals surface area contributed by atoms with Gasteiger partial charge in [-0.15, -0.1) is 0 Å². The molecule has 1 aliphatic rings. The van der Waals surface area contributed by atoms with E-state index in [4.69, 9.17) is 21.7 Å². The van der Waals surface area contributed by atoms with Crippen LogP contribution in [0.25, 0.3) is 6.08 Å². The van der Waals surface area contributed by atoms with Gasteiger partial charge in [-0.05, 0) is 12.1 Å². The van der Waals surface area contributed by atoms with Crippen LogP contribution in [0.2, 0.25) is 0 Å². The number of thiocarbonyl (C=S) groups is 1. The van der Waals surface area contributed by atoms with Crippen LogP contribution in [0, 0.1) is 0 Å². The van der Waals surface area contributed by atoms with Crippen molar-refractivity contribution in [3.63, 3.8) is 0 Å². The summed E-state index contributed by atoms with van der Waals surface area (Å²) in [7, 11) is 3.21. The molecule has 106 valence electrons. The molecule has 1 fully saturated rings. The first-order chi connectivity index (χ1) is 9.67. The van der Waals surface area contributed by atoms with Crippen molar-refractivity contribution in [2.24, 2.45) is 0 Å². The number of amides is 1. The first kappa shape index (κ1) is 15.0. The molecule has 1 heterocycles. The molecule has 4 nitrogen and oxygen atoms in total. The Morgan fingerprint density at radius 3 is 2.80 bits per heavy atom. The van der Waals surface area contributed by atoms with Gasteiger partial charge in [0.05, 0.1) is 25.2 Å². The maximum atomic E-state index is 12.3. The van der Waals surface area contributed by atoms with Crippen molar-refractivity contribution in [1.82, 2.24) is 4.90 Å². The summed E-state index contributed by atoms with van der Waals surface area (Å²) >= 11 is 6.53. The van der Waals surface area contributed by atoms with E-state index in [1.165, 1.54) is 11.8 Å². The van der Waals surface area contributed by atoms with Crippen molar-refractivity contribution in [3.8, 4) is 5.75 Å². The first-order valence-corrected chi connectivity index (χ1v) is 7.27. The Labute approximate surface area is 127 Å². The lowest BCUT2D eigenvalue weighted by molar-refractivity contribution is -0.122. The number of thioether (sulfide) groups is 1. The number of hydrogen-bond acceptors (Lipinski definition) is 5. The lowest BCUT2D eigenvalue weighted by Gasteiger charge is -2.13. The minimum absolute atomic E-state index is 0.0806. The highest BCUT2D eigenvalue weighted by molar-refractivity contribution is 8.26. The van der Waals surface area contributed by atoms with Crippen LogP contribution in [-0.4, -0.2) is 42.5 Å². The average molecular weight is 309 g/mol. The van der Waals surface area contributed by atoms with E-state index in [-0.39, 0.29) is 5.91 Å². The second-order valence-corrected chi connectivity index (χ2v) is 5.74. The molecule has 1 aromatic carbocycles. The van der Waals surface area contributed by atoms with Crippen LogP contribution < -0.4 is 4.74 Å². The van der Waals surface area contributed by atoms with E-state index in [9.17, 15) is 4.79 Å². The average Bonchev–Trinajstić information content (AvgIpc) is 2.72. The molecule has 6 heteroatoms. The third-order valence-electron chi connectivity index (χ3n) is 2.82. The molecule has 0 unspecified atom stereocenters. The van der Waals surface area contributed by atoms with Crippen molar-refractivity contribution < 1.29 is 14.3 Å². The number of ether oxygens (including phenoxy) is 2. The summed E-state index contributed by atoms with van der Waals surface area (Å²) in [6.07, 6.45) is 1.81. The number of para-hydroxylation sites is 1. The minimum Gasteiger partial charge on any atom is -0.496 e. The van der Waals surface area contributed by atoms with Crippen LogP contribution in [0.1, 0.15) is 5.56 Å². The molecular weight excluding hydrogens is 294 g/mol. The maximum Gasteiger partial charge on any atom is 0.266 e. The zero-order chi connectivity index (χ0) is 14.5. The predicted octanol–water partition coefficient (Wildman–Crippen LogP) is 2.54. The summed E-state index contributed by atoms with van der Waals surface area (Å²) < 4.78 is 10.8. The topological polar surface area (TPSA) is 38.8 Å². The second kappa shape index (κ2) is 6.88. The van der Waals surface area contributed by atoms with Gasteiger partial charge in [0.2, 0.25) is 0 Å². The van der Waals surface area contributed by atoms with Crippen LogP contribution in [0.4, 0.5) is 0 Å². The van der Waals surface area contributed by atoms with E-state index in [1.54, 1.807) is 19.1 Å². The zero-order valence-electron chi connectivity index (χ0n) is 11.3. The Morgan fingerprint density at radius 1 is 1.35 bits per heavy atom. The van der Waals surface area contributed by atoms with E-state index in [0.717, 1.165) is 11.3 Å². The molecule has 0 radical (unpaired) electrons. The third-order valence-corrected chi connectivity index (χ3v) is 4.20. The smallest absolute Gasteiger partial charge is 0.266 e. The van der Waals surface area contributed by atoms with Gasteiger partial charge in [0.15, 0.2) is 0 Å². The minimum atomic E-state index is -0.0806. The van der Waals surface area contributed by atoms with Crippen LogP contribution >= 0.6 is 24.0 Å². The molecule has 1 aliphatic heterocycles. The lowest BCUT2D eigenvalue weighted by Crippen LogP contribution is -2.31. The van der Waals surface area contributed by atoms with Gasteiger partial charge in [-0.2, -0.15) is 0 Å². The van der Waals surface area contributed by atoms with Crippen LogP contribution in [0.3, 0.4) is 0 Å². The molecule has 20 heavy (non-hydrogen) atoms. The molecule has 1 saturated heterocycles. The highest BCUT2D eigenvalue weighted by Crippen LogP contribution is 2.33. The van der Waals surface area contributed by atoms with Crippen LogP contribution in [-0.2, 0) is 9.53 Å². The fourth-order valence-corrected chi connectivity index (χ4v) is 3.10. The maximum absolute atomic E-state index is 12.3. The fraction of sp³-hybridized carbons (Fsp3) is 0.286. The van der Waals surface area contributed by atoms with Gasteiger partial charge in [0.25, 0.3) is 5.91 Å². The summed E-state index contributed by atoms with van der Waals surface area (Å²) in [6.45, 7) is 0.943. The van der Waals surface area contributed by atoms with Crippen LogP contribution in [0.5, 0.6) is 5.75 Å². The summed E-state index contributed by atoms with van der Waals surface area (Å²) in [4.78, 5) is 14.4. The highest BCUT2D eigenvalue weighted by Gasteiger charge is 2.31. The van der Waals surface area contributed by atoms with Crippen molar-refractivity contribution in [2.75, 3.05) is 27.4 Å². The summed E-state index contributed by atoms with van der Waals surface area (Å²) in [5, 5.41) is 0. The lowest BCUT2D eigenvalue weighted by atomic mass is 10.2. The van der Waals surface area contributed by atoms with Crippen molar-refractivity contribution in [1.29, 1.82) is 0 Å². The summed E-state index contributed by atoms with van der Waals surface area (Å²) in [5.74, 6) is 0.651. The largest absolute Gasteiger partial charge is 0.496 e. The fourth-order valence-electron chi connectivity index (χ4n) is 1.80. The number of nitrogens with zero attached hydrogens (tertiary/aromatic N) is 1. The van der Waals surface area contributed by atoms with E-state index >= 15 is 0 Å². The Kier molecular flexibility index (Phi) is 5.17. The van der Waals surface area contributed by atoms with Gasteiger partial charge in [-0.1, -0.05) is 42.2 Å². The standard InChI is InChI=1S/C14H15NO3S2/c1-17-8-7-15-13(16)12(20-14(15)19)9-10-5-3-4-6-11(10)18-2/h3-6,9H,7-8H2,1-2H3/b12-9+. The highest BCUT2D eigenvalue weighted by atomic mass is 32.2. The number of benzene rings is 1. The molecule has 0 aliphatic carbocycles. The van der Waals surface area contributed by atoms with E-state index in [0.29, 0.717) is 22.4 Å². The third kappa shape index (κ3) is 3.20. The molecule has 0 atom stereocenters. The zero-order valence-corrected chi connectivity index (χ0v) is 12.9. The number of methoxy groups -OCH3 is 2. The molecule has 2 rings (SSSR count). The molecule has 0 spiro atoms. The van der Waals surface area contributed by atoms with Gasteiger partial charge < -0.3 is 9.47 Å². The van der Waals surface area contributed by atoms with Gasteiger partial charge in [0.1, 0.15) is 10.1 Å². The monoisotopic (exact) mass is 309 g/mol. The van der Waals surface area contributed by atoms with E-state index in [1.807, 2.05) is 30.3 Å². The molecule has 1 amide bonds. The number of carbonyl (C=O) groups is 1. The predicted molar refractivity (Wildman–Crippen MR) is 84.7 cm³/mol. The van der Waals surface area contributed by atoms with Gasteiger partial charge in [-0.25, -0.2) is 0 Å². The van der Waals surface area contributed by atoms with Crippen molar-refractivity contribution in [2.45, 2.75) is 0 Å². The van der Waals surface area contributed by atoms with Crippen LogP contribution in [0.15, 0.2) is 29.2 Å². The summed E-state index contributed by atoms with van der Waals surface area (Å²) in [5.41, 5.74) is 0.863. The SMILES string of the molecule is COCCN1C(=O)/C(=C\c2ccccc2OC)SC1=S. The molecule has 0 aromatic heterocycles. The Balaban J connectivity index is 2.23. The second-order valence-electron chi connectivity index (χ2n) is 4.07. The Hall–Kier alpha value is -1.37. The molecule has 1 aromatic rings. The normalized spacial score (nSPS) is 17.1. The van der Waals surface area contributed by atoms with Crippen molar-refractivity contribution >= 4 is 40.3 Å². The van der Waals surface area contributed by atoms with Gasteiger partial charge >= 0.3 is 0 Å². The quantitative estimate of drug-likeness (QED) is 0.617. The Morgan fingerprint density at radius 2 is 2.10 bits per heavy atom. The van der Waals surface area contributed by atoms with Gasteiger partial charge in [-0.3, -0.25) is 9.69 Å².